The van der Waals surface area contributed by atoms with Gasteiger partial charge in [0.1, 0.15) is 91.6 Å². The Morgan fingerprint density at radius 3 is 0.859 bits per heavy atom. The minimum atomic E-state index is -3.01. The van der Waals surface area contributed by atoms with Crippen molar-refractivity contribution in [2.45, 2.75) is 239 Å². The molecular formula is C56H99N7O36. The topological polar surface area (TPSA) is 712 Å². The number of carbonyl (C=O) groups excluding carboxylic acids is 6. The van der Waals surface area contributed by atoms with Gasteiger partial charge in [-0.25, -0.2) is 0 Å². The maximum Gasteiger partial charge on any atom is 0.280 e. The molecule has 5 aliphatic heterocycles. The quantitative estimate of drug-likeness (QED) is 0.0262. The monoisotopic (exact) mass is 1450 g/mol. The van der Waals surface area contributed by atoms with Crippen molar-refractivity contribution in [3.8, 4) is 0 Å². The lowest BCUT2D eigenvalue weighted by atomic mass is 9.85. The minimum absolute atomic E-state index is 0.0327. The van der Waals surface area contributed by atoms with Crippen molar-refractivity contribution in [2.75, 3.05) is 75.1 Å². The predicted octanol–water partition coefficient (Wildman–Crippen LogP) is -16.6. The number of amides is 6. The van der Waals surface area contributed by atoms with E-state index in [1.807, 2.05) is 0 Å². The molecule has 29 N–H and O–H groups in total. The van der Waals surface area contributed by atoms with Gasteiger partial charge in [-0.15, -0.1) is 0 Å². The van der Waals surface area contributed by atoms with Gasteiger partial charge in [-0.05, 0) is 12.8 Å². The highest BCUT2D eigenvalue weighted by Crippen LogP contribution is 2.41. The molecule has 0 aromatic heterocycles. The van der Waals surface area contributed by atoms with Gasteiger partial charge in [0.15, 0.2) is 0 Å². The molecule has 99 heavy (non-hydrogen) atoms. The smallest absolute Gasteiger partial charge is 0.280 e. The number of hydrogen-bond donors (Lipinski definition) is 27. The van der Waals surface area contributed by atoms with Crippen LogP contribution in [0.5, 0.6) is 0 Å². The highest BCUT2D eigenvalue weighted by molar-refractivity contribution is 5.88. The van der Waals surface area contributed by atoms with Crippen LogP contribution in [0.3, 0.4) is 0 Å². The Bertz CT molecular complexity index is 2640. The van der Waals surface area contributed by atoms with Gasteiger partial charge in [0.2, 0.25) is 5.91 Å². The first kappa shape index (κ1) is 85.2. The van der Waals surface area contributed by atoms with Gasteiger partial charge in [0.05, 0.1) is 93.8 Å². The number of hydrogen-bond acceptors (Lipinski definition) is 37. The lowest BCUT2D eigenvalue weighted by molar-refractivity contribution is -0.311. The molecule has 5 heterocycles. The third-order valence-corrected chi connectivity index (χ3v) is 18.5. The van der Waals surface area contributed by atoms with Crippen molar-refractivity contribution in [1.82, 2.24) is 26.6 Å². The van der Waals surface area contributed by atoms with Crippen LogP contribution in [-0.2, 0) is 76.1 Å². The Balaban J connectivity index is 1.44. The highest BCUT2D eigenvalue weighted by atomic mass is 16.7. The van der Waals surface area contributed by atoms with Crippen LogP contribution in [0, 0.1) is 0 Å². The van der Waals surface area contributed by atoms with Crippen molar-refractivity contribution in [2.24, 2.45) is 11.5 Å². The van der Waals surface area contributed by atoms with Gasteiger partial charge in [-0.1, -0.05) is 6.42 Å². The maximum absolute atomic E-state index is 14.9. The molecule has 0 aromatic carbocycles. The summed E-state index contributed by atoms with van der Waals surface area (Å²) in [6.07, 6.45) is -47.6. The van der Waals surface area contributed by atoms with Crippen LogP contribution >= 0.6 is 0 Å². The van der Waals surface area contributed by atoms with Gasteiger partial charge in [0, 0.05) is 80.6 Å². The summed E-state index contributed by atoms with van der Waals surface area (Å²) in [6.45, 7) is -6.05. The largest absolute Gasteiger partial charge is 0.394 e. The SMILES string of the molecule is CO[C@@]1(C(=O)N[C@H]2[C@H]([C@H](O)[C@H](O)CO)O[C@](OC)(C(=O)N[C@H]3[C@H]([C@H](O)[C@H](O)CO)O[C@](OC)(C(=O)N[C@H]4[C@H]([C@H](O)[C@H](O)CO)O[C@](OC)(C(=O)N[C@H]5[C@H]([C@H](O)[C@H](O)CO)O[C@](OC)(C(=O)NCCCCCC(N)=O)C[C@@H]5O)C[C@@H]4O)C[C@@H]3O)C[C@@H]2O)C[C@H](O)[C@@H](N)[C@H]([C@H](O)[C@H](O)CO)O1. The summed E-state index contributed by atoms with van der Waals surface area (Å²) in [6, 6.07) is -9.74. The number of methoxy groups -OCH3 is 5. The Hall–Kier alpha value is -4.42. The molecule has 43 nitrogen and oxygen atoms in total. The van der Waals surface area contributed by atoms with Crippen LogP contribution in [-0.4, -0.2) is 394 Å². The summed E-state index contributed by atoms with van der Waals surface area (Å²) in [7, 11) is 4.30. The molecule has 5 rings (SSSR count). The number of unbranched alkanes of at least 4 members (excludes halogenated alkanes) is 2. The number of nitrogens with two attached hydrogens (primary N) is 2. The predicted molar refractivity (Wildman–Crippen MR) is 318 cm³/mol. The van der Waals surface area contributed by atoms with E-state index in [0.717, 1.165) is 35.5 Å². The van der Waals surface area contributed by atoms with Crippen LogP contribution in [0.2, 0.25) is 0 Å². The zero-order valence-electron chi connectivity index (χ0n) is 54.7. The van der Waals surface area contributed by atoms with Crippen LogP contribution in [0.25, 0.3) is 0 Å². The Morgan fingerprint density at radius 1 is 0.384 bits per heavy atom. The maximum atomic E-state index is 14.9. The molecule has 5 aliphatic rings. The number of nitrogens with one attached hydrogen (secondary N) is 5. The first-order valence-electron chi connectivity index (χ1n) is 31.4. The molecule has 574 valence electrons. The van der Waals surface area contributed by atoms with Crippen molar-refractivity contribution in [1.29, 1.82) is 0 Å². The first-order valence-corrected chi connectivity index (χ1v) is 31.4. The molecule has 0 bridgehead atoms. The second-order valence-electron chi connectivity index (χ2n) is 24.9. The summed E-state index contributed by atoms with van der Waals surface area (Å²) in [4.78, 5) is 83.4. The number of rotatable bonds is 35. The summed E-state index contributed by atoms with van der Waals surface area (Å²) in [5.41, 5.74) is 11.2. The number of carbonyl (C=O) groups is 6. The molecule has 5 saturated heterocycles. The van der Waals surface area contributed by atoms with E-state index in [9.17, 15) is 131 Å². The molecule has 6 amide bonds. The van der Waals surface area contributed by atoms with E-state index >= 15 is 0 Å². The molecular weight excluding hydrogens is 1350 g/mol. The Morgan fingerprint density at radius 2 is 0.616 bits per heavy atom. The van der Waals surface area contributed by atoms with Crippen LogP contribution < -0.4 is 38.1 Å². The Kier molecular flexibility index (Phi) is 31.3. The number of primary amides is 1. The summed E-state index contributed by atoms with van der Waals surface area (Å²) < 4.78 is 56.8. The second-order valence-corrected chi connectivity index (χ2v) is 24.9. The van der Waals surface area contributed by atoms with Gasteiger partial charge >= 0.3 is 0 Å². The van der Waals surface area contributed by atoms with Crippen LogP contribution in [0.1, 0.15) is 57.8 Å². The number of ether oxygens (including phenoxy) is 10. The van der Waals surface area contributed by atoms with E-state index in [1.54, 1.807) is 0 Å². The van der Waals surface area contributed by atoms with E-state index in [4.69, 9.17) is 58.8 Å². The highest BCUT2D eigenvalue weighted by Gasteiger charge is 2.64. The third kappa shape index (κ3) is 18.6. The molecule has 5 fully saturated rings. The summed E-state index contributed by atoms with van der Waals surface area (Å²) in [5, 5.41) is 229. The van der Waals surface area contributed by atoms with E-state index in [2.05, 4.69) is 26.6 Å². The van der Waals surface area contributed by atoms with Crippen molar-refractivity contribution in [3.05, 3.63) is 0 Å². The second kappa shape index (κ2) is 36.3. The number of aliphatic hydroxyl groups is 20. The molecule has 0 spiro atoms. The average Bonchev–Trinajstić information content (AvgIpc) is 0.759. The zero-order chi connectivity index (χ0) is 74.6. The fourth-order valence-corrected chi connectivity index (χ4v) is 12.4. The average molecular weight is 1450 g/mol. The minimum Gasteiger partial charge on any atom is -0.394 e. The lowest BCUT2D eigenvalue weighted by Crippen LogP contribution is -2.75. The normalized spacial score (nSPS) is 38.2. The molecule has 30 atom stereocenters. The van der Waals surface area contributed by atoms with Gasteiger partial charge in [-0.2, -0.15) is 0 Å². The van der Waals surface area contributed by atoms with Gasteiger partial charge in [-0.3, -0.25) is 28.8 Å². The molecule has 0 unspecified atom stereocenters. The van der Waals surface area contributed by atoms with E-state index < -0.39 is 282 Å². The van der Waals surface area contributed by atoms with Crippen molar-refractivity contribution in [3.63, 3.8) is 0 Å². The van der Waals surface area contributed by atoms with Crippen LogP contribution in [0.4, 0.5) is 0 Å². The van der Waals surface area contributed by atoms with E-state index in [-0.39, 0.29) is 13.0 Å². The fourth-order valence-electron chi connectivity index (χ4n) is 12.4. The standard InChI is InChI=1S/C56H99N7O36/c1-90-52(47(85)59-10-8-6-7-9-31(57)79)12-22(70)33(43(96-52)38(81)27(75)17-65)61-49(87)54(92-3)14-24(72)35(45(98-54)40(83)29(77)19-67)63-51(89)56(94-5)15-25(73)36(46(99-56)41(84)30(78)20-68)62-50(88)55(93-4)13-23(71)34(44(97-55)39(82)28(76)18-66)60-48(86)53(91-2)11-21(69)32(58)42(95-53)37(80)26(74)16-64/h21-30,32-46,64-78,80-84H,6-20,58H2,1-5H3,(H2,57,79)(H,59,85)(H,60,86)(H,61,87)(H,62,88)(H,63,89)/t21-,22-,23-,24-,25-,26+,27+,28+,29+,30+,32+,33+,34+,35+,36+,37+,38+,39+,40+,41+,42+,43+,44+,45+,46+,52-,53-,54-,55-,56-/m0/s1. The van der Waals surface area contributed by atoms with Crippen molar-refractivity contribution < 1.29 is 178 Å². The van der Waals surface area contributed by atoms with Gasteiger partial charge in [0.25, 0.3) is 58.5 Å². The fraction of sp³-hybridized carbons (Fsp3) is 0.893. The first-order chi connectivity index (χ1) is 46.5. The Labute approximate surface area is 564 Å². The van der Waals surface area contributed by atoms with Gasteiger partial charge < -0.3 is 188 Å². The molecule has 0 aliphatic carbocycles. The molecule has 0 saturated carbocycles. The molecule has 43 heteroatoms. The zero-order valence-corrected chi connectivity index (χ0v) is 54.7. The summed E-state index contributed by atoms with van der Waals surface area (Å²) in [5.74, 6) is -21.7. The number of aliphatic hydroxyl groups excluding tert-OH is 20. The van der Waals surface area contributed by atoms with Crippen molar-refractivity contribution >= 4 is 35.4 Å². The summed E-state index contributed by atoms with van der Waals surface area (Å²) >= 11 is 0. The third-order valence-electron chi connectivity index (χ3n) is 18.5. The van der Waals surface area contributed by atoms with Crippen LogP contribution in [0.15, 0.2) is 0 Å². The molecule has 0 radical (unpaired) electrons. The lowest BCUT2D eigenvalue weighted by Gasteiger charge is -2.51. The van der Waals surface area contributed by atoms with E-state index in [1.165, 1.54) is 0 Å². The molecule has 0 aromatic rings. The van der Waals surface area contributed by atoms with E-state index in [0.29, 0.717) is 19.3 Å².